The van der Waals surface area contributed by atoms with Crippen LogP contribution in [0.3, 0.4) is 0 Å². The maximum Gasteiger partial charge on any atom is 0.237 e. The van der Waals surface area contributed by atoms with Crippen molar-refractivity contribution in [2.45, 2.75) is 33.7 Å². The number of amides is 1. The van der Waals surface area contributed by atoms with Gasteiger partial charge in [-0.2, -0.15) is 0 Å². The smallest absolute Gasteiger partial charge is 0.237 e. The van der Waals surface area contributed by atoms with Crippen molar-refractivity contribution >= 4 is 5.91 Å². The SMILES string of the molecule is Cc1cccc(C)c1OCCNC(=O)[C@@H](N)C(C)C. The minimum Gasteiger partial charge on any atom is -0.491 e. The van der Waals surface area contributed by atoms with Crippen LogP contribution in [0.5, 0.6) is 5.75 Å². The summed E-state index contributed by atoms with van der Waals surface area (Å²) in [6.45, 7) is 8.79. The first-order chi connectivity index (χ1) is 8.93. The molecule has 0 aliphatic rings. The molecule has 1 aromatic rings. The van der Waals surface area contributed by atoms with Crippen LogP contribution in [0.1, 0.15) is 25.0 Å². The predicted octanol–water partition coefficient (Wildman–Crippen LogP) is 1.78. The average Bonchev–Trinajstić information content (AvgIpc) is 2.36. The van der Waals surface area contributed by atoms with Crippen LogP contribution in [-0.4, -0.2) is 25.1 Å². The van der Waals surface area contributed by atoms with E-state index >= 15 is 0 Å². The number of hydrogen-bond acceptors (Lipinski definition) is 3. The molecule has 3 N–H and O–H groups in total. The largest absolute Gasteiger partial charge is 0.491 e. The summed E-state index contributed by atoms with van der Waals surface area (Å²) in [4.78, 5) is 11.6. The van der Waals surface area contributed by atoms with E-state index < -0.39 is 6.04 Å². The van der Waals surface area contributed by atoms with Crippen molar-refractivity contribution in [3.63, 3.8) is 0 Å². The lowest BCUT2D eigenvalue weighted by Crippen LogP contribution is -2.45. The average molecular weight is 264 g/mol. The van der Waals surface area contributed by atoms with Gasteiger partial charge in [-0.15, -0.1) is 0 Å². The Bertz CT molecular complexity index is 410. The molecular formula is C15H24N2O2. The molecule has 1 amide bonds. The Morgan fingerprint density at radius 1 is 1.32 bits per heavy atom. The van der Waals surface area contributed by atoms with Crippen LogP contribution in [0, 0.1) is 19.8 Å². The molecule has 4 nitrogen and oxygen atoms in total. The summed E-state index contributed by atoms with van der Waals surface area (Å²) in [6, 6.07) is 5.56. The molecule has 0 heterocycles. The highest BCUT2D eigenvalue weighted by Gasteiger charge is 2.16. The fourth-order valence-electron chi connectivity index (χ4n) is 1.77. The molecule has 106 valence electrons. The lowest BCUT2D eigenvalue weighted by Gasteiger charge is -2.16. The third-order valence-electron chi connectivity index (χ3n) is 3.08. The molecule has 0 bridgehead atoms. The topological polar surface area (TPSA) is 64.3 Å². The van der Waals surface area contributed by atoms with Gasteiger partial charge in [-0.3, -0.25) is 4.79 Å². The first-order valence-electron chi connectivity index (χ1n) is 6.65. The Balaban J connectivity index is 2.37. The monoisotopic (exact) mass is 264 g/mol. The van der Waals surface area contributed by atoms with E-state index in [-0.39, 0.29) is 11.8 Å². The summed E-state index contributed by atoms with van der Waals surface area (Å²) < 4.78 is 5.70. The van der Waals surface area contributed by atoms with Crippen LogP contribution >= 0.6 is 0 Å². The van der Waals surface area contributed by atoms with Gasteiger partial charge in [-0.05, 0) is 30.9 Å². The maximum atomic E-state index is 11.6. The second kappa shape index (κ2) is 7.14. The van der Waals surface area contributed by atoms with E-state index in [2.05, 4.69) is 5.32 Å². The number of aryl methyl sites for hydroxylation is 2. The van der Waals surface area contributed by atoms with E-state index in [9.17, 15) is 4.79 Å². The van der Waals surface area contributed by atoms with Crippen molar-refractivity contribution in [2.24, 2.45) is 11.7 Å². The number of para-hydroxylation sites is 1. The summed E-state index contributed by atoms with van der Waals surface area (Å²) in [5.41, 5.74) is 7.95. The number of hydrogen-bond donors (Lipinski definition) is 2. The molecule has 4 heteroatoms. The first kappa shape index (κ1) is 15.5. The van der Waals surface area contributed by atoms with Crippen LogP contribution in [0.25, 0.3) is 0 Å². The summed E-state index contributed by atoms with van der Waals surface area (Å²) in [5, 5.41) is 2.78. The molecule has 0 saturated heterocycles. The summed E-state index contributed by atoms with van der Waals surface area (Å²) in [5.74, 6) is 0.907. The quantitative estimate of drug-likeness (QED) is 0.770. The van der Waals surface area contributed by atoms with Gasteiger partial charge < -0.3 is 15.8 Å². The molecule has 0 saturated carbocycles. The van der Waals surface area contributed by atoms with Crippen LogP contribution in [0.15, 0.2) is 18.2 Å². The predicted molar refractivity (Wildman–Crippen MR) is 77.2 cm³/mol. The van der Waals surface area contributed by atoms with Crippen LogP contribution < -0.4 is 15.8 Å². The second-order valence-electron chi connectivity index (χ2n) is 5.13. The number of rotatable bonds is 6. The van der Waals surface area contributed by atoms with E-state index in [0.29, 0.717) is 13.2 Å². The standard InChI is InChI=1S/C15H24N2O2/c1-10(2)13(16)15(18)17-8-9-19-14-11(3)6-5-7-12(14)4/h5-7,10,13H,8-9,16H2,1-4H3,(H,17,18)/t13-/m0/s1. The fourth-order valence-corrected chi connectivity index (χ4v) is 1.77. The molecule has 0 spiro atoms. The Morgan fingerprint density at radius 3 is 2.42 bits per heavy atom. The van der Waals surface area contributed by atoms with Gasteiger partial charge in [0.25, 0.3) is 0 Å². The lowest BCUT2D eigenvalue weighted by atomic mass is 10.1. The van der Waals surface area contributed by atoms with Crippen molar-refractivity contribution in [1.29, 1.82) is 0 Å². The number of ether oxygens (including phenoxy) is 1. The van der Waals surface area contributed by atoms with Gasteiger partial charge in [0.2, 0.25) is 5.91 Å². The van der Waals surface area contributed by atoms with Gasteiger partial charge in [0.05, 0.1) is 12.6 Å². The zero-order chi connectivity index (χ0) is 14.4. The van der Waals surface area contributed by atoms with Crippen LogP contribution in [0.4, 0.5) is 0 Å². The molecule has 0 radical (unpaired) electrons. The molecule has 0 aromatic heterocycles. The van der Waals surface area contributed by atoms with Gasteiger partial charge in [-0.1, -0.05) is 32.0 Å². The van der Waals surface area contributed by atoms with Gasteiger partial charge in [0, 0.05) is 0 Å². The first-order valence-corrected chi connectivity index (χ1v) is 6.65. The molecule has 1 aromatic carbocycles. The summed E-state index contributed by atoms with van der Waals surface area (Å²) >= 11 is 0. The zero-order valence-electron chi connectivity index (χ0n) is 12.2. The molecule has 0 aliphatic carbocycles. The van der Waals surface area contributed by atoms with Crippen LogP contribution in [0.2, 0.25) is 0 Å². The highest BCUT2D eigenvalue weighted by atomic mass is 16.5. The molecule has 0 unspecified atom stereocenters. The van der Waals surface area contributed by atoms with Crippen molar-refractivity contribution in [2.75, 3.05) is 13.2 Å². The van der Waals surface area contributed by atoms with Crippen molar-refractivity contribution < 1.29 is 9.53 Å². The minimum atomic E-state index is -0.458. The minimum absolute atomic E-state index is 0.125. The van der Waals surface area contributed by atoms with Crippen LogP contribution in [-0.2, 0) is 4.79 Å². The van der Waals surface area contributed by atoms with E-state index in [1.807, 2.05) is 45.9 Å². The van der Waals surface area contributed by atoms with Gasteiger partial charge >= 0.3 is 0 Å². The Labute approximate surface area is 115 Å². The number of carbonyl (C=O) groups excluding carboxylic acids is 1. The van der Waals surface area contributed by atoms with E-state index in [0.717, 1.165) is 16.9 Å². The third-order valence-corrected chi connectivity index (χ3v) is 3.08. The van der Waals surface area contributed by atoms with Gasteiger partial charge in [0.1, 0.15) is 12.4 Å². The van der Waals surface area contributed by atoms with Crippen molar-refractivity contribution in [3.8, 4) is 5.75 Å². The zero-order valence-corrected chi connectivity index (χ0v) is 12.2. The fraction of sp³-hybridized carbons (Fsp3) is 0.533. The van der Waals surface area contributed by atoms with Gasteiger partial charge in [0.15, 0.2) is 0 Å². The molecular weight excluding hydrogens is 240 g/mol. The molecule has 1 rings (SSSR count). The number of carbonyl (C=O) groups is 1. The molecule has 0 aliphatic heterocycles. The Kier molecular flexibility index (Phi) is 5.83. The Morgan fingerprint density at radius 2 is 1.89 bits per heavy atom. The number of nitrogens with one attached hydrogen (secondary N) is 1. The molecule has 0 fully saturated rings. The third kappa shape index (κ3) is 4.56. The highest BCUT2D eigenvalue weighted by Crippen LogP contribution is 2.21. The van der Waals surface area contributed by atoms with E-state index in [1.54, 1.807) is 0 Å². The summed E-state index contributed by atoms with van der Waals surface area (Å²) in [6.07, 6.45) is 0. The van der Waals surface area contributed by atoms with E-state index in [4.69, 9.17) is 10.5 Å². The molecule has 19 heavy (non-hydrogen) atoms. The maximum absolute atomic E-state index is 11.6. The van der Waals surface area contributed by atoms with Gasteiger partial charge in [-0.25, -0.2) is 0 Å². The Hall–Kier alpha value is -1.55. The summed E-state index contributed by atoms with van der Waals surface area (Å²) in [7, 11) is 0. The van der Waals surface area contributed by atoms with E-state index in [1.165, 1.54) is 0 Å². The normalized spacial score (nSPS) is 12.3. The lowest BCUT2D eigenvalue weighted by molar-refractivity contribution is -0.123. The number of benzene rings is 1. The number of nitrogens with two attached hydrogens (primary N) is 1. The second-order valence-corrected chi connectivity index (χ2v) is 5.13. The van der Waals surface area contributed by atoms with Crippen molar-refractivity contribution in [3.05, 3.63) is 29.3 Å². The molecule has 1 atom stereocenters. The highest BCUT2D eigenvalue weighted by molar-refractivity contribution is 5.81. The van der Waals surface area contributed by atoms with Crippen molar-refractivity contribution in [1.82, 2.24) is 5.32 Å².